The number of carbonyl (C=O) groups excluding carboxylic acids is 1. The SMILES string of the molecule is NC(Cc1ccc2[nH]ccc2c1)C(=O)N1CCC2(CC1)OCCO2. The molecule has 1 atom stereocenters. The maximum atomic E-state index is 12.6. The average Bonchev–Trinajstić information content (AvgIpc) is 3.24. The van der Waals surface area contributed by atoms with Crippen molar-refractivity contribution in [2.24, 2.45) is 5.73 Å². The fourth-order valence-electron chi connectivity index (χ4n) is 3.66. The summed E-state index contributed by atoms with van der Waals surface area (Å²) in [7, 11) is 0. The Morgan fingerprint density at radius 3 is 2.75 bits per heavy atom. The zero-order valence-corrected chi connectivity index (χ0v) is 13.7. The van der Waals surface area contributed by atoms with E-state index >= 15 is 0 Å². The first-order valence-electron chi connectivity index (χ1n) is 8.54. The summed E-state index contributed by atoms with van der Waals surface area (Å²) in [5.41, 5.74) is 8.36. The molecule has 1 aromatic carbocycles. The van der Waals surface area contributed by atoms with Gasteiger partial charge in [-0.3, -0.25) is 4.79 Å². The van der Waals surface area contributed by atoms with E-state index in [2.05, 4.69) is 11.1 Å². The van der Waals surface area contributed by atoms with E-state index in [1.807, 2.05) is 29.3 Å². The molecule has 4 rings (SSSR count). The second-order valence-electron chi connectivity index (χ2n) is 6.64. The highest BCUT2D eigenvalue weighted by molar-refractivity contribution is 5.83. The highest BCUT2D eigenvalue weighted by atomic mass is 16.7. The van der Waals surface area contributed by atoms with Crippen molar-refractivity contribution in [3.05, 3.63) is 36.0 Å². The number of piperidine rings is 1. The van der Waals surface area contributed by atoms with E-state index in [0.29, 0.717) is 32.7 Å². The highest BCUT2D eigenvalue weighted by Gasteiger charge is 2.41. The molecule has 2 saturated heterocycles. The Labute approximate surface area is 140 Å². The Hall–Kier alpha value is -1.89. The van der Waals surface area contributed by atoms with Crippen LogP contribution in [-0.2, 0) is 20.7 Å². The van der Waals surface area contributed by atoms with Crippen LogP contribution >= 0.6 is 0 Å². The van der Waals surface area contributed by atoms with E-state index < -0.39 is 11.8 Å². The topological polar surface area (TPSA) is 80.6 Å². The van der Waals surface area contributed by atoms with Crippen LogP contribution in [0.5, 0.6) is 0 Å². The second-order valence-corrected chi connectivity index (χ2v) is 6.64. The van der Waals surface area contributed by atoms with Crippen LogP contribution in [0.25, 0.3) is 10.9 Å². The number of H-pyrrole nitrogens is 1. The maximum Gasteiger partial charge on any atom is 0.239 e. The molecule has 6 heteroatoms. The molecule has 3 heterocycles. The van der Waals surface area contributed by atoms with Gasteiger partial charge in [-0.25, -0.2) is 0 Å². The molecule has 2 aliphatic heterocycles. The van der Waals surface area contributed by atoms with E-state index in [9.17, 15) is 4.79 Å². The number of fused-ring (bicyclic) bond motifs is 1. The Bertz CT molecular complexity index is 726. The second kappa shape index (κ2) is 6.20. The maximum absolute atomic E-state index is 12.6. The third-order valence-corrected chi connectivity index (χ3v) is 5.04. The number of amides is 1. The van der Waals surface area contributed by atoms with Crippen LogP contribution in [0.1, 0.15) is 18.4 Å². The number of rotatable bonds is 3. The molecule has 24 heavy (non-hydrogen) atoms. The molecule has 2 aliphatic rings. The molecule has 2 fully saturated rings. The Morgan fingerprint density at radius 1 is 1.25 bits per heavy atom. The predicted octanol–water partition coefficient (Wildman–Crippen LogP) is 1.40. The Morgan fingerprint density at radius 2 is 2.00 bits per heavy atom. The summed E-state index contributed by atoms with van der Waals surface area (Å²) in [4.78, 5) is 17.6. The fraction of sp³-hybridized carbons (Fsp3) is 0.500. The van der Waals surface area contributed by atoms with E-state index in [-0.39, 0.29) is 5.91 Å². The van der Waals surface area contributed by atoms with E-state index in [1.54, 1.807) is 0 Å². The van der Waals surface area contributed by atoms with Crippen molar-refractivity contribution in [1.82, 2.24) is 9.88 Å². The zero-order chi connectivity index (χ0) is 16.6. The number of likely N-dealkylation sites (tertiary alicyclic amines) is 1. The Balaban J connectivity index is 1.37. The van der Waals surface area contributed by atoms with Crippen molar-refractivity contribution in [1.29, 1.82) is 0 Å². The van der Waals surface area contributed by atoms with Crippen LogP contribution in [-0.4, -0.2) is 53.9 Å². The minimum Gasteiger partial charge on any atom is -0.361 e. The largest absolute Gasteiger partial charge is 0.361 e. The van der Waals surface area contributed by atoms with Crippen LogP contribution < -0.4 is 5.73 Å². The molecule has 3 N–H and O–H groups in total. The minimum atomic E-state index is -0.513. The van der Waals surface area contributed by atoms with Gasteiger partial charge in [0.05, 0.1) is 19.3 Å². The molecule has 1 aromatic heterocycles. The van der Waals surface area contributed by atoms with Crippen LogP contribution in [0.2, 0.25) is 0 Å². The highest BCUT2D eigenvalue weighted by Crippen LogP contribution is 2.31. The van der Waals surface area contributed by atoms with E-state index in [1.165, 1.54) is 0 Å². The van der Waals surface area contributed by atoms with Crippen molar-refractivity contribution in [2.75, 3.05) is 26.3 Å². The fourth-order valence-corrected chi connectivity index (χ4v) is 3.66. The van der Waals surface area contributed by atoms with Gasteiger partial charge < -0.3 is 25.1 Å². The summed E-state index contributed by atoms with van der Waals surface area (Å²) >= 11 is 0. The first kappa shape index (κ1) is 15.6. The quantitative estimate of drug-likeness (QED) is 0.892. The summed E-state index contributed by atoms with van der Waals surface area (Å²) in [6.07, 6.45) is 3.91. The van der Waals surface area contributed by atoms with Gasteiger partial charge in [0.2, 0.25) is 5.91 Å². The molecule has 128 valence electrons. The minimum absolute atomic E-state index is 0.0111. The standard InChI is InChI=1S/C18H23N3O3/c19-15(12-13-1-2-16-14(11-13)3-6-20-16)17(22)21-7-4-18(5-8-21)23-9-10-24-18/h1-3,6,11,15,20H,4-5,7-10,12,19H2. The van der Waals surface area contributed by atoms with Gasteiger partial charge >= 0.3 is 0 Å². The number of ether oxygens (including phenoxy) is 2. The molecular formula is C18H23N3O3. The van der Waals surface area contributed by atoms with Crippen LogP contribution in [0.15, 0.2) is 30.5 Å². The molecular weight excluding hydrogens is 306 g/mol. The predicted molar refractivity (Wildman–Crippen MR) is 90.4 cm³/mol. The lowest BCUT2D eigenvalue weighted by Gasteiger charge is -2.38. The first-order valence-corrected chi connectivity index (χ1v) is 8.54. The number of hydrogen-bond acceptors (Lipinski definition) is 4. The number of carbonyl (C=O) groups is 1. The molecule has 2 aromatic rings. The van der Waals surface area contributed by atoms with Gasteiger partial charge in [-0.1, -0.05) is 6.07 Å². The molecule has 0 aliphatic carbocycles. The van der Waals surface area contributed by atoms with Gasteiger partial charge in [0, 0.05) is 37.6 Å². The summed E-state index contributed by atoms with van der Waals surface area (Å²) in [6.45, 7) is 2.58. The number of nitrogens with two attached hydrogens (primary N) is 1. The van der Waals surface area contributed by atoms with Crippen molar-refractivity contribution < 1.29 is 14.3 Å². The number of nitrogens with zero attached hydrogens (tertiary/aromatic N) is 1. The van der Waals surface area contributed by atoms with Gasteiger partial charge in [-0.15, -0.1) is 0 Å². The number of aromatic amines is 1. The first-order chi connectivity index (χ1) is 11.7. The summed E-state index contributed by atoms with van der Waals surface area (Å²) < 4.78 is 11.4. The van der Waals surface area contributed by atoms with Crippen molar-refractivity contribution in [3.8, 4) is 0 Å². The van der Waals surface area contributed by atoms with E-state index in [4.69, 9.17) is 15.2 Å². The molecule has 6 nitrogen and oxygen atoms in total. The number of hydrogen-bond donors (Lipinski definition) is 2. The number of nitrogens with one attached hydrogen (secondary N) is 1. The summed E-state index contributed by atoms with van der Waals surface area (Å²) in [5, 5.41) is 1.14. The van der Waals surface area contributed by atoms with Gasteiger partial charge in [-0.05, 0) is 35.6 Å². The van der Waals surface area contributed by atoms with Crippen LogP contribution in [0.3, 0.4) is 0 Å². The lowest BCUT2D eigenvalue weighted by Crippen LogP contribution is -2.52. The normalized spacial score (nSPS) is 21.5. The molecule has 1 unspecified atom stereocenters. The third-order valence-electron chi connectivity index (χ3n) is 5.04. The number of aromatic nitrogens is 1. The van der Waals surface area contributed by atoms with Crippen molar-refractivity contribution >= 4 is 16.8 Å². The average molecular weight is 329 g/mol. The van der Waals surface area contributed by atoms with Crippen LogP contribution in [0.4, 0.5) is 0 Å². The molecule has 0 bridgehead atoms. The smallest absolute Gasteiger partial charge is 0.239 e. The van der Waals surface area contributed by atoms with Crippen LogP contribution in [0, 0.1) is 0 Å². The number of benzene rings is 1. The van der Waals surface area contributed by atoms with Gasteiger partial charge in [0.1, 0.15) is 0 Å². The molecule has 1 amide bonds. The molecule has 0 radical (unpaired) electrons. The monoisotopic (exact) mass is 329 g/mol. The van der Waals surface area contributed by atoms with E-state index in [0.717, 1.165) is 29.3 Å². The Kier molecular flexibility index (Phi) is 4.04. The van der Waals surface area contributed by atoms with Gasteiger partial charge in [0.15, 0.2) is 5.79 Å². The summed E-state index contributed by atoms with van der Waals surface area (Å²) in [5.74, 6) is -0.447. The van der Waals surface area contributed by atoms with Gasteiger partial charge in [-0.2, -0.15) is 0 Å². The molecule has 1 spiro atoms. The van der Waals surface area contributed by atoms with Crippen molar-refractivity contribution in [2.45, 2.75) is 31.1 Å². The van der Waals surface area contributed by atoms with Gasteiger partial charge in [0.25, 0.3) is 0 Å². The lowest BCUT2D eigenvalue weighted by atomic mass is 10.0. The third kappa shape index (κ3) is 2.92. The lowest BCUT2D eigenvalue weighted by molar-refractivity contribution is -0.187. The zero-order valence-electron chi connectivity index (χ0n) is 13.7. The summed E-state index contributed by atoms with van der Waals surface area (Å²) in [6, 6.07) is 7.65. The van der Waals surface area contributed by atoms with Crippen molar-refractivity contribution in [3.63, 3.8) is 0 Å². The molecule has 0 saturated carbocycles.